The first-order valence-electron chi connectivity index (χ1n) is 14.7. The second-order valence-electron chi connectivity index (χ2n) is 13.1. The fourth-order valence-electron chi connectivity index (χ4n) is 8.65. The molecule has 0 aromatic heterocycles. The Bertz CT molecular complexity index is 1810. The second-order valence-corrected chi connectivity index (χ2v) is 14.0. The maximum absolute atomic E-state index is 11.4. The molecular weight excluding hydrogens is 567 g/mol. The van der Waals surface area contributed by atoms with Crippen LogP contribution in [-0.2, 0) is 12.8 Å². The molecule has 0 fully saturated rings. The Balaban J connectivity index is 1.37. The molecule has 42 heavy (non-hydrogen) atoms. The predicted molar refractivity (Wildman–Crippen MR) is 170 cm³/mol. The zero-order valence-corrected chi connectivity index (χ0v) is 25.1. The molecule has 0 amide bonds. The van der Waals surface area contributed by atoms with Gasteiger partial charge in [0.25, 0.3) is 0 Å². The molecule has 8 rings (SSSR count). The third-order valence-corrected chi connectivity index (χ3v) is 11.7. The van der Waals surface area contributed by atoms with Crippen molar-refractivity contribution in [3.05, 3.63) is 80.8 Å². The lowest BCUT2D eigenvalue weighted by atomic mass is 9.67. The van der Waals surface area contributed by atoms with Crippen molar-refractivity contribution in [2.24, 2.45) is 10.8 Å². The van der Waals surface area contributed by atoms with Crippen LogP contribution in [0.3, 0.4) is 0 Å². The van der Waals surface area contributed by atoms with Gasteiger partial charge in [-0.05, 0) is 92.8 Å². The first-order chi connectivity index (χ1) is 20.0. The Kier molecular flexibility index (Phi) is 5.55. The van der Waals surface area contributed by atoms with Crippen molar-refractivity contribution in [1.29, 1.82) is 0 Å². The molecule has 4 atom stereocenters. The predicted octanol–water partition coefficient (Wildman–Crippen LogP) is 8.41. The Morgan fingerprint density at radius 2 is 0.976 bits per heavy atom. The van der Waals surface area contributed by atoms with Gasteiger partial charge in [0.15, 0.2) is 0 Å². The molecule has 4 aromatic carbocycles. The zero-order valence-electron chi connectivity index (χ0n) is 23.6. The summed E-state index contributed by atoms with van der Waals surface area (Å²) in [6, 6.07) is 15.5. The molecule has 4 N–H and O–H groups in total. The fourth-order valence-corrected chi connectivity index (χ4v) is 9.58. The first-order valence-corrected chi connectivity index (χ1v) is 15.5. The lowest BCUT2D eigenvalue weighted by Gasteiger charge is -2.37. The average molecular weight is 600 g/mol. The topological polar surface area (TPSA) is 80.9 Å². The van der Waals surface area contributed by atoms with Gasteiger partial charge in [0.1, 0.15) is 11.5 Å². The van der Waals surface area contributed by atoms with Gasteiger partial charge in [-0.25, -0.2) is 0 Å². The third-order valence-electron chi connectivity index (χ3n) is 11.1. The molecule has 4 aliphatic carbocycles. The largest absolute Gasteiger partial charge is 0.507 e. The van der Waals surface area contributed by atoms with Crippen molar-refractivity contribution >= 4 is 55.9 Å². The average Bonchev–Trinajstić information content (AvgIpc) is 3.34. The number of aryl methyl sites for hydroxylation is 2. The number of fused-ring (bicyclic) bond motifs is 10. The molecule has 0 unspecified atom stereocenters. The van der Waals surface area contributed by atoms with Crippen LogP contribution in [-0.4, -0.2) is 32.6 Å². The molecule has 4 aromatic rings. The Morgan fingerprint density at radius 3 is 1.38 bits per heavy atom. The summed E-state index contributed by atoms with van der Waals surface area (Å²) in [5.41, 5.74) is 6.99. The normalized spacial score (nSPS) is 28.3. The number of phenols is 2. The summed E-state index contributed by atoms with van der Waals surface area (Å²) >= 11 is 13.5. The van der Waals surface area contributed by atoms with Crippen LogP contribution < -0.4 is 0 Å². The number of aliphatic hydroxyl groups excluding tert-OH is 2. The van der Waals surface area contributed by atoms with Crippen molar-refractivity contribution in [3.8, 4) is 22.6 Å². The Morgan fingerprint density at radius 1 is 0.595 bits per heavy atom. The van der Waals surface area contributed by atoms with Crippen LogP contribution in [0.25, 0.3) is 43.8 Å². The van der Waals surface area contributed by atoms with Crippen LogP contribution in [0.2, 0.25) is 0 Å². The van der Waals surface area contributed by atoms with Crippen LogP contribution in [0.1, 0.15) is 61.8 Å². The molecule has 0 heterocycles. The van der Waals surface area contributed by atoms with Gasteiger partial charge in [-0.1, -0.05) is 73.4 Å². The molecule has 0 aliphatic heterocycles. The summed E-state index contributed by atoms with van der Waals surface area (Å²) in [5, 5.41) is 49.6. The van der Waals surface area contributed by atoms with E-state index in [1.54, 1.807) is 12.1 Å². The minimum atomic E-state index is -0.492. The molecule has 0 saturated heterocycles. The van der Waals surface area contributed by atoms with Gasteiger partial charge < -0.3 is 20.4 Å². The van der Waals surface area contributed by atoms with E-state index < -0.39 is 12.2 Å². The molecule has 0 saturated carbocycles. The SMILES string of the molecule is C[C@]12CCc3c(ccc4c(-c5c(O)ccc6c7c(ccc56)C5=C(Cl)C[C@H](O)[C@@]5(C)CC7)c(O)ccc34)C1=C(Cl)C[C@@H]2O. The van der Waals surface area contributed by atoms with E-state index in [4.69, 9.17) is 23.2 Å². The molecule has 0 bridgehead atoms. The number of halogens is 2. The maximum atomic E-state index is 11.4. The highest BCUT2D eigenvalue weighted by Gasteiger charge is 2.48. The minimum Gasteiger partial charge on any atom is -0.507 e. The molecule has 4 nitrogen and oxygen atoms in total. The van der Waals surface area contributed by atoms with E-state index in [0.29, 0.717) is 24.0 Å². The highest BCUT2D eigenvalue weighted by molar-refractivity contribution is 6.34. The minimum absolute atomic E-state index is 0.106. The summed E-state index contributed by atoms with van der Waals surface area (Å²) in [6.45, 7) is 4.20. The smallest absolute Gasteiger partial charge is 0.124 e. The van der Waals surface area contributed by atoms with Gasteiger partial charge in [0, 0.05) is 44.9 Å². The lowest BCUT2D eigenvalue weighted by molar-refractivity contribution is 0.0822. The first kappa shape index (κ1) is 26.6. The molecule has 0 radical (unpaired) electrons. The summed E-state index contributed by atoms with van der Waals surface area (Å²) < 4.78 is 0. The number of aliphatic hydroxyl groups is 2. The van der Waals surface area contributed by atoms with Crippen molar-refractivity contribution < 1.29 is 20.4 Å². The van der Waals surface area contributed by atoms with Gasteiger partial charge in [0.2, 0.25) is 0 Å². The Labute approximate surface area is 254 Å². The van der Waals surface area contributed by atoms with Crippen LogP contribution in [0.5, 0.6) is 11.5 Å². The monoisotopic (exact) mass is 598 g/mol. The van der Waals surface area contributed by atoms with E-state index in [0.717, 1.165) is 90.7 Å². The number of phenolic OH excluding ortho intramolecular Hbond substituents is 2. The van der Waals surface area contributed by atoms with Crippen molar-refractivity contribution in [2.45, 2.75) is 64.6 Å². The third kappa shape index (κ3) is 3.27. The summed E-state index contributed by atoms with van der Waals surface area (Å²) in [6.07, 6.45) is 3.11. The highest BCUT2D eigenvalue weighted by Crippen LogP contribution is 2.59. The highest BCUT2D eigenvalue weighted by atomic mass is 35.5. The van der Waals surface area contributed by atoms with E-state index in [1.165, 1.54) is 0 Å². The van der Waals surface area contributed by atoms with Gasteiger partial charge in [-0.3, -0.25) is 0 Å². The number of benzene rings is 4. The van der Waals surface area contributed by atoms with Crippen molar-refractivity contribution in [1.82, 2.24) is 0 Å². The fraction of sp³-hybridized carbons (Fsp3) is 0.333. The van der Waals surface area contributed by atoms with Crippen molar-refractivity contribution in [3.63, 3.8) is 0 Å². The lowest BCUT2D eigenvalue weighted by Crippen LogP contribution is -2.32. The van der Waals surface area contributed by atoms with Crippen LogP contribution in [0.15, 0.2) is 58.6 Å². The molecule has 4 aliphatic rings. The molecular formula is C36H32Cl2O4. The molecule has 6 heteroatoms. The summed E-state index contributed by atoms with van der Waals surface area (Å²) in [4.78, 5) is 0. The van der Waals surface area contributed by atoms with E-state index >= 15 is 0 Å². The quantitative estimate of drug-likeness (QED) is 0.177. The summed E-state index contributed by atoms with van der Waals surface area (Å²) in [5.74, 6) is 0.212. The Hall–Kier alpha value is -3.02. The molecule has 214 valence electrons. The zero-order chi connectivity index (χ0) is 29.3. The van der Waals surface area contributed by atoms with Gasteiger partial charge in [-0.15, -0.1) is 0 Å². The van der Waals surface area contributed by atoms with Crippen LogP contribution >= 0.6 is 23.2 Å². The van der Waals surface area contributed by atoms with Crippen LogP contribution in [0, 0.1) is 10.8 Å². The summed E-state index contributed by atoms with van der Waals surface area (Å²) in [7, 11) is 0. The van der Waals surface area contributed by atoms with Crippen LogP contribution in [0.4, 0.5) is 0 Å². The standard InChI is InChI=1S/C36H32Cl2O4/c1-35-13-11-19-17-7-9-27(39)31(21(17)3-5-23(19)33(35)25(37)15-29(35)41)32-22-4-6-24-20(18(22)8-10-28(32)40)12-14-36(2)30(42)16-26(38)34(24)36/h3-10,29-30,39-42H,11-16H2,1-2H3/t29-,30-,35+,36+/m0/s1. The van der Waals surface area contributed by atoms with Gasteiger partial charge >= 0.3 is 0 Å². The van der Waals surface area contributed by atoms with E-state index in [2.05, 4.69) is 26.0 Å². The van der Waals surface area contributed by atoms with Crippen molar-refractivity contribution in [2.75, 3.05) is 0 Å². The number of hydrogen-bond acceptors (Lipinski definition) is 4. The molecule has 0 spiro atoms. The maximum Gasteiger partial charge on any atom is 0.124 e. The van der Waals surface area contributed by atoms with E-state index in [1.807, 2.05) is 24.3 Å². The second kappa shape index (κ2) is 8.76. The number of aromatic hydroxyl groups is 2. The van der Waals surface area contributed by atoms with Gasteiger partial charge in [0.05, 0.1) is 12.2 Å². The van der Waals surface area contributed by atoms with E-state index in [9.17, 15) is 20.4 Å². The number of hydrogen-bond donors (Lipinski definition) is 4. The van der Waals surface area contributed by atoms with E-state index in [-0.39, 0.29) is 22.3 Å². The number of rotatable bonds is 1. The van der Waals surface area contributed by atoms with Gasteiger partial charge in [-0.2, -0.15) is 0 Å².